The average Bonchev–Trinajstić information content (AvgIpc) is 2.53. The first-order chi connectivity index (χ1) is 10.3. The molecule has 0 fully saturated rings. The summed E-state index contributed by atoms with van der Waals surface area (Å²) < 4.78 is 6.10. The molecule has 0 bridgehead atoms. The molecule has 1 heteroatoms. The molecule has 0 heterocycles. The third-order valence-electron chi connectivity index (χ3n) is 3.08. The fraction of sp³-hybridized carbons (Fsp3) is 0.200. The average molecular weight is 274 g/mol. The van der Waals surface area contributed by atoms with Crippen molar-refractivity contribution in [3.05, 3.63) is 59.7 Å². The van der Waals surface area contributed by atoms with Crippen molar-refractivity contribution in [2.45, 2.75) is 26.7 Å². The van der Waals surface area contributed by atoms with Gasteiger partial charge in [-0.2, -0.15) is 0 Å². The van der Waals surface area contributed by atoms with E-state index in [0.717, 1.165) is 22.6 Å². The summed E-state index contributed by atoms with van der Waals surface area (Å²) in [5, 5.41) is 0. The molecule has 21 heavy (non-hydrogen) atoms. The van der Waals surface area contributed by atoms with E-state index in [9.17, 15) is 0 Å². The van der Waals surface area contributed by atoms with E-state index < -0.39 is 0 Å². The summed E-state index contributed by atoms with van der Waals surface area (Å²) in [6.07, 6.45) is 1.40. The second-order valence-corrected chi connectivity index (χ2v) is 4.52. The molecule has 2 rings (SSSR count). The molecule has 0 radical (unpaired) electrons. The van der Waals surface area contributed by atoms with Gasteiger partial charge in [-0.1, -0.05) is 48.2 Å². The Morgan fingerprint density at radius 1 is 0.714 bits per heavy atom. The van der Waals surface area contributed by atoms with Crippen molar-refractivity contribution in [2.75, 3.05) is 0 Å². The van der Waals surface area contributed by atoms with Gasteiger partial charge in [-0.15, -0.1) is 11.8 Å². The molecular formula is C20H18O. The minimum atomic E-state index is 0.698. The van der Waals surface area contributed by atoms with E-state index in [1.165, 1.54) is 0 Å². The number of rotatable bonds is 4. The zero-order valence-corrected chi connectivity index (χ0v) is 12.4. The van der Waals surface area contributed by atoms with Gasteiger partial charge in [0.25, 0.3) is 0 Å². The van der Waals surface area contributed by atoms with E-state index in [2.05, 4.69) is 23.7 Å². The first-order valence-corrected chi connectivity index (χ1v) is 6.98. The molecule has 0 saturated heterocycles. The second kappa shape index (κ2) is 7.83. The van der Waals surface area contributed by atoms with Gasteiger partial charge >= 0.3 is 0 Å². The Bertz CT molecular complexity index is 657. The van der Waals surface area contributed by atoms with Gasteiger partial charge in [0, 0.05) is 24.0 Å². The largest absolute Gasteiger partial charge is 0.457 e. The van der Waals surface area contributed by atoms with E-state index in [-0.39, 0.29) is 0 Å². The third kappa shape index (κ3) is 4.16. The van der Waals surface area contributed by atoms with Crippen molar-refractivity contribution in [3.8, 4) is 35.2 Å². The van der Waals surface area contributed by atoms with Crippen LogP contribution < -0.4 is 4.74 Å². The summed E-state index contributed by atoms with van der Waals surface area (Å²) in [5.41, 5.74) is 2.20. The highest BCUT2D eigenvalue weighted by Crippen LogP contribution is 2.28. The van der Waals surface area contributed by atoms with E-state index in [4.69, 9.17) is 4.74 Å². The lowest BCUT2D eigenvalue weighted by atomic mass is 10.1. The molecule has 2 aromatic carbocycles. The lowest BCUT2D eigenvalue weighted by Gasteiger charge is -2.12. The smallest absolute Gasteiger partial charge is 0.131 e. The minimum absolute atomic E-state index is 0.698. The monoisotopic (exact) mass is 274 g/mol. The van der Waals surface area contributed by atoms with Gasteiger partial charge in [0.1, 0.15) is 11.5 Å². The zero-order valence-electron chi connectivity index (χ0n) is 12.4. The molecule has 0 spiro atoms. The van der Waals surface area contributed by atoms with E-state index in [1.54, 1.807) is 0 Å². The van der Waals surface area contributed by atoms with E-state index >= 15 is 0 Å². The molecule has 0 unspecified atom stereocenters. The van der Waals surface area contributed by atoms with Gasteiger partial charge in [0.15, 0.2) is 0 Å². The third-order valence-corrected chi connectivity index (χ3v) is 3.08. The minimum Gasteiger partial charge on any atom is -0.457 e. The van der Waals surface area contributed by atoms with Crippen molar-refractivity contribution in [3.63, 3.8) is 0 Å². The van der Waals surface area contributed by atoms with Crippen LogP contribution in [0.1, 0.15) is 25.0 Å². The molecule has 0 amide bonds. The standard InChI is InChI=1S/C20H18O/c1-3-5-11-17-13-7-9-15-19(17)21-20-16-10-8-14-18(20)12-6-4-2/h7-10,13-16H,11-12H2,1-2H3. The van der Waals surface area contributed by atoms with Gasteiger partial charge in [0.2, 0.25) is 0 Å². The zero-order chi connectivity index (χ0) is 14.9. The topological polar surface area (TPSA) is 9.23 Å². The summed E-state index contributed by atoms with van der Waals surface area (Å²) in [4.78, 5) is 0. The number of ether oxygens (including phenoxy) is 1. The Morgan fingerprint density at radius 3 is 1.57 bits per heavy atom. The van der Waals surface area contributed by atoms with Crippen LogP contribution in [0.25, 0.3) is 0 Å². The van der Waals surface area contributed by atoms with Gasteiger partial charge in [-0.25, -0.2) is 0 Å². The molecule has 0 saturated carbocycles. The lowest BCUT2D eigenvalue weighted by Crippen LogP contribution is -1.94. The fourth-order valence-corrected chi connectivity index (χ4v) is 1.98. The van der Waals surface area contributed by atoms with Crippen LogP contribution in [-0.4, -0.2) is 0 Å². The van der Waals surface area contributed by atoms with Crippen LogP contribution in [0, 0.1) is 23.7 Å². The van der Waals surface area contributed by atoms with Gasteiger partial charge < -0.3 is 4.74 Å². The van der Waals surface area contributed by atoms with Crippen molar-refractivity contribution in [1.82, 2.24) is 0 Å². The van der Waals surface area contributed by atoms with E-state index in [1.807, 2.05) is 62.4 Å². The Labute approximate surface area is 127 Å². The molecular weight excluding hydrogens is 256 g/mol. The summed E-state index contributed by atoms with van der Waals surface area (Å²) >= 11 is 0. The molecule has 104 valence electrons. The summed E-state index contributed by atoms with van der Waals surface area (Å²) in [7, 11) is 0. The Balaban J connectivity index is 2.28. The molecule has 0 aromatic heterocycles. The first-order valence-electron chi connectivity index (χ1n) is 6.98. The number of hydrogen-bond acceptors (Lipinski definition) is 1. The SMILES string of the molecule is CC#CCc1ccccc1Oc1ccccc1CC#CC. The molecule has 0 atom stereocenters. The highest BCUT2D eigenvalue weighted by molar-refractivity contribution is 5.43. The molecule has 0 aliphatic rings. The normalized spacial score (nSPS) is 9.05. The summed E-state index contributed by atoms with van der Waals surface area (Å²) in [5.74, 6) is 13.7. The Kier molecular flexibility index (Phi) is 5.50. The maximum Gasteiger partial charge on any atom is 0.131 e. The molecule has 2 aromatic rings. The first kappa shape index (κ1) is 14.8. The second-order valence-electron chi connectivity index (χ2n) is 4.52. The van der Waals surface area contributed by atoms with E-state index in [0.29, 0.717) is 12.8 Å². The van der Waals surface area contributed by atoms with Crippen molar-refractivity contribution < 1.29 is 4.74 Å². The van der Waals surface area contributed by atoms with Crippen molar-refractivity contribution in [2.24, 2.45) is 0 Å². The maximum atomic E-state index is 6.10. The van der Waals surface area contributed by atoms with Crippen molar-refractivity contribution in [1.29, 1.82) is 0 Å². The van der Waals surface area contributed by atoms with Crippen LogP contribution in [0.2, 0.25) is 0 Å². The number of para-hydroxylation sites is 2. The summed E-state index contributed by atoms with van der Waals surface area (Å²) in [6.45, 7) is 3.70. The van der Waals surface area contributed by atoms with Crippen LogP contribution in [0.15, 0.2) is 48.5 Å². The number of benzene rings is 2. The lowest BCUT2D eigenvalue weighted by molar-refractivity contribution is 0.473. The van der Waals surface area contributed by atoms with Crippen LogP contribution in [0.4, 0.5) is 0 Å². The van der Waals surface area contributed by atoms with Crippen molar-refractivity contribution >= 4 is 0 Å². The van der Waals surface area contributed by atoms with Gasteiger partial charge in [-0.3, -0.25) is 0 Å². The fourth-order valence-electron chi connectivity index (χ4n) is 1.98. The molecule has 0 aliphatic heterocycles. The highest BCUT2D eigenvalue weighted by Gasteiger charge is 2.06. The van der Waals surface area contributed by atoms with Gasteiger partial charge in [-0.05, 0) is 26.0 Å². The molecule has 0 N–H and O–H groups in total. The highest BCUT2D eigenvalue weighted by atomic mass is 16.5. The number of hydrogen-bond donors (Lipinski definition) is 0. The van der Waals surface area contributed by atoms with Crippen LogP contribution >= 0.6 is 0 Å². The predicted molar refractivity (Wildman–Crippen MR) is 87.3 cm³/mol. The molecule has 0 aliphatic carbocycles. The summed E-state index contributed by atoms with van der Waals surface area (Å²) in [6, 6.07) is 16.0. The predicted octanol–water partition coefficient (Wildman–Crippen LogP) is 4.61. The van der Waals surface area contributed by atoms with Gasteiger partial charge in [0.05, 0.1) is 0 Å². The van der Waals surface area contributed by atoms with Crippen LogP contribution in [-0.2, 0) is 12.8 Å². The van der Waals surface area contributed by atoms with Crippen LogP contribution in [0.3, 0.4) is 0 Å². The van der Waals surface area contributed by atoms with Crippen LogP contribution in [0.5, 0.6) is 11.5 Å². The quantitative estimate of drug-likeness (QED) is 0.740. The maximum absolute atomic E-state index is 6.10. The Hall–Kier alpha value is -2.64. The molecule has 1 nitrogen and oxygen atoms in total. The Morgan fingerprint density at radius 2 is 1.14 bits per heavy atom.